The zero-order valence-electron chi connectivity index (χ0n) is 55.6. The van der Waals surface area contributed by atoms with E-state index in [2.05, 4.69) is 47.9 Å². The fourth-order valence-corrected chi connectivity index (χ4v) is 12.9. The molecule has 534 valence electrons. The van der Waals surface area contributed by atoms with Gasteiger partial charge in [-0.25, -0.2) is 19.2 Å². The van der Waals surface area contributed by atoms with Crippen LogP contribution in [-0.2, 0) is 48.2 Å². The molecule has 0 aliphatic carbocycles. The molecule has 0 saturated carbocycles. The summed E-state index contributed by atoms with van der Waals surface area (Å²) in [5.74, 6) is -6.21. The lowest BCUT2D eigenvalue weighted by atomic mass is 10.2. The molecule has 33 heteroatoms. The van der Waals surface area contributed by atoms with E-state index in [1.807, 2.05) is 0 Å². The average Bonchev–Trinajstić information content (AvgIpc) is 1.71. The summed E-state index contributed by atoms with van der Waals surface area (Å²) in [7, 11) is 2.36. The van der Waals surface area contributed by atoms with E-state index in [1.54, 1.807) is 137 Å². The summed E-state index contributed by atoms with van der Waals surface area (Å²) in [5, 5.41) is 64.7. The van der Waals surface area contributed by atoms with Crippen LogP contribution in [0.1, 0.15) is 132 Å². The van der Waals surface area contributed by atoms with E-state index in [0.717, 1.165) is 45.1 Å². The Hall–Kier alpha value is -11.0. The Morgan fingerprint density at radius 2 is 0.723 bits per heavy atom. The summed E-state index contributed by atoms with van der Waals surface area (Å²) in [6, 6.07) is 27.3. The Labute approximate surface area is 598 Å². The monoisotopic (exact) mass is 1480 g/mol. The number of aryl methyl sites for hydroxylation is 3. The molecule has 3 atom stereocenters. The zero-order chi connectivity index (χ0) is 74.1. The average molecular weight is 1480 g/mol. The summed E-state index contributed by atoms with van der Waals surface area (Å²) in [6.07, 6.45) is -0.742. The molecule has 0 radical (unpaired) electrons. The summed E-state index contributed by atoms with van der Waals surface area (Å²) in [5.41, 5.74) is 3.07. The normalized spacial score (nSPS) is 11.5. The first kappa shape index (κ1) is 79.0. The highest BCUT2D eigenvalue weighted by atomic mass is 32.1. The van der Waals surface area contributed by atoms with Crippen molar-refractivity contribution in [3.8, 4) is 17.2 Å². The van der Waals surface area contributed by atoms with Gasteiger partial charge in [-0.05, 0) is 152 Å². The molecule has 0 saturated heterocycles. The molecule has 0 spiro atoms. The molecule has 0 fully saturated rings. The number of carbonyl (C=O) groups excluding carboxylic acids is 11. The van der Waals surface area contributed by atoms with Crippen molar-refractivity contribution >= 4 is 128 Å². The van der Waals surface area contributed by atoms with Crippen LogP contribution in [0.4, 0.5) is 4.79 Å². The first-order chi connectivity index (χ1) is 47.9. The third-order valence-corrected chi connectivity index (χ3v) is 19.0. The number of phenolic OH excluding ortho intramolecular Hbond substituents is 3. The number of phenols is 3. The number of aliphatic carboxylic acids is 1. The van der Waals surface area contributed by atoms with Gasteiger partial charge >= 0.3 is 24.0 Å². The SMILES string of the molecule is COC(=O)[C@H](CNC(=O)OC(C)(C)C)NC(=O)c1sc(C(=O)NCc2cccc(O)c2)cc1C.COC(=O)[C@H](CNC(=O)c1cccs1)NC(=O)c1sc(C(=O)NCc2cccc(O)c2)cc1C.Cc1cc(C(=O)NCc2cccc(O)c2)sc1C(=O)N[C@@H](CNC(=O)c1cccs1)C(=O)O. The molecule has 0 unspecified atom stereocenters. The summed E-state index contributed by atoms with van der Waals surface area (Å²) in [6.45, 7) is 10.0. The maximum absolute atomic E-state index is 12.8. The molecule has 8 rings (SSSR count). The van der Waals surface area contributed by atoms with Gasteiger partial charge < -0.3 is 82.5 Å². The number of hydrogen-bond acceptors (Lipinski definition) is 23. The van der Waals surface area contributed by atoms with Crippen molar-refractivity contribution in [2.75, 3.05) is 33.9 Å². The number of thiophene rings is 5. The summed E-state index contributed by atoms with van der Waals surface area (Å²) in [4.78, 5) is 150. The van der Waals surface area contributed by atoms with E-state index >= 15 is 0 Å². The minimum atomic E-state index is -1.34. The number of esters is 2. The van der Waals surface area contributed by atoms with Crippen molar-refractivity contribution in [3.63, 3.8) is 0 Å². The number of alkyl carbamates (subject to hydrolysis) is 1. The quantitative estimate of drug-likeness (QED) is 0.0187. The second kappa shape index (κ2) is 37.8. The first-order valence-electron chi connectivity index (χ1n) is 30.3. The van der Waals surface area contributed by atoms with Gasteiger partial charge in [0, 0.05) is 32.7 Å². The van der Waals surface area contributed by atoms with Crippen LogP contribution in [-0.4, -0.2) is 149 Å². The lowest BCUT2D eigenvalue weighted by Gasteiger charge is -2.21. The Bertz CT molecular complexity index is 4270. The Morgan fingerprint density at radius 3 is 1.02 bits per heavy atom. The topological polar surface area (TPSA) is 422 Å². The van der Waals surface area contributed by atoms with Crippen LogP contribution in [0.2, 0.25) is 0 Å². The second-order valence-corrected chi connectivity index (χ2v) is 27.7. The molecule has 5 aromatic heterocycles. The van der Waals surface area contributed by atoms with Gasteiger partial charge in [0.05, 0.1) is 59.8 Å². The molecule has 0 aliphatic rings. The zero-order valence-corrected chi connectivity index (χ0v) is 59.6. The van der Waals surface area contributed by atoms with Gasteiger partial charge in [-0.1, -0.05) is 48.5 Å². The maximum atomic E-state index is 12.8. The van der Waals surface area contributed by atoms with Crippen molar-refractivity contribution < 1.29 is 92.2 Å². The van der Waals surface area contributed by atoms with Crippen molar-refractivity contribution in [2.45, 2.75) is 84.9 Å². The molecular weight excluding hydrogens is 1410 g/mol. The molecule has 3 aromatic carbocycles. The predicted molar refractivity (Wildman–Crippen MR) is 378 cm³/mol. The minimum absolute atomic E-state index is 0.0900. The molecule has 0 bridgehead atoms. The van der Waals surface area contributed by atoms with Crippen molar-refractivity contribution in [2.24, 2.45) is 0 Å². The molecule has 28 nitrogen and oxygen atoms in total. The maximum Gasteiger partial charge on any atom is 0.407 e. The van der Waals surface area contributed by atoms with Crippen LogP contribution < -0.4 is 47.9 Å². The third-order valence-electron chi connectivity index (χ3n) is 13.6. The number of ether oxygens (including phenoxy) is 3. The van der Waals surface area contributed by atoms with E-state index < -0.39 is 77.3 Å². The largest absolute Gasteiger partial charge is 0.508 e. The molecular formula is C68H73N9O19S5. The molecule has 5 heterocycles. The number of nitrogens with one attached hydrogen (secondary N) is 9. The predicted octanol–water partition coefficient (Wildman–Crippen LogP) is 7.31. The van der Waals surface area contributed by atoms with Crippen molar-refractivity contribution in [1.29, 1.82) is 0 Å². The van der Waals surface area contributed by atoms with Crippen LogP contribution >= 0.6 is 56.7 Å². The van der Waals surface area contributed by atoms with E-state index in [4.69, 9.17) is 14.2 Å². The van der Waals surface area contributed by atoms with Gasteiger partial charge in [0.25, 0.3) is 47.3 Å². The Balaban J connectivity index is 0.000000238. The van der Waals surface area contributed by atoms with E-state index in [1.165, 1.54) is 67.2 Å². The highest BCUT2D eigenvalue weighted by Crippen LogP contribution is 2.26. The summed E-state index contributed by atoms with van der Waals surface area (Å²) >= 11 is 5.37. The third kappa shape index (κ3) is 25.0. The Morgan fingerprint density at radius 1 is 0.406 bits per heavy atom. The second-order valence-electron chi connectivity index (χ2n) is 22.6. The lowest BCUT2D eigenvalue weighted by Crippen LogP contribution is -2.49. The fourth-order valence-electron chi connectivity index (χ4n) is 8.69. The van der Waals surface area contributed by atoms with Crippen LogP contribution in [0.15, 0.2) is 126 Å². The minimum Gasteiger partial charge on any atom is -0.508 e. The Kier molecular flexibility index (Phi) is 29.6. The number of rotatable bonds is 26. The lowest BCUT2D eigenvalue weighted by molar-refractivity contribution is -0.143. The van der Waals surface area contributed by atoms with E-state index in [-0.39, 0.29) is 93.7 Å². The fraction of sp³-hybridized carbons (Fsp3) is 0.265. The van der Waals surface area contributed by atoms with Gasteiger partial charge in [0.1, 0.15) is 41.0 Å². The van der Waals surface area contributed by atoms with Gasteiger partial charge in [0.2, 0.25) is 0 Å². The number of amides is 9. The van der Waals surface area contributed by atoms with Crippen molar-refractivity contribution in [3.05, 3.63) is 198 Å². The van der Waals surface area contributed by atoms with Crippen LogP contribution in [0.5, 0.6) is 17.2 Å². The van der Waals surface area contributed by atoms with Gasteiger partial charge in [0.15, 0.2) is 0 Å². The smallest absolute Gasteiger partial charge is 0.407 e. The number of carbonyl (C=O) groups is 12. The van der Waals surface area contributed by atoms with Crippen LogP contribution in [0.25, 0.3) is 0 Å². The number of carboxylic acids is 1. The first-order valence-corrected chi connectivity index (χ1v) is 34.5. The van der Waals surface area contributed by atoms with E-state index in [0.29, 0.717) is 41.8 Å². The number of aromatic hydroxyl groups is 3. The molecule has 101 heavy (non-hydrogen) atoms. The van der Waals surface area contributed by atoms with Gasteiger partial charge in [-0.15, -0.1) is 56.7 Å². The highest BCUT2D eigenvalue weighted by molar-refractivity contribution is 7.17. The standard InChI is InChI=1S/C23H29N3O7S.C23H23N3O6S2.C22H21N3O6S2/c1-13-9-17(19(28)24-11-14-7-6-8-15(27)10-14)34-18(13)20(29)26-16(21(30)32-5)12-25-22(31)33-23(2,3)4;1-13-9-18(21(29)24-11-14-5-3-6-15(27)10-14)34-19(13)22(30)26-16(23(31)32-2)12-25-20(28)17-7-4-8-33-17;1-12-8-17(20(28)23-10-13-4-2-5-14(26)9-13)33-18(12)21(29)25-15(22(30)31)11-24-19(27)16-6-3-7-32-16/h6-10,16,27H,11-12H2,1-5H3,(H,24,28)(H,25,31)(H,26,29);3-10,16,27H,11-12H2,1-2H3,(H,24,29)(H,25,28)(H,26,30);2-9,15,26H,10-11H2,1H3,(H,23,28)(H,24,27)(H,25,29)(H,30,31)/t2*16-;15-/m000/s1. The van der Waals surface area contributed by atoms with Crippen molar-refractivity contribution in [1.82, 2.24) is 47.9 Å². The number of methoxy groups -OCH3 is 2. The highest BCUT2D eigenvalue weighted by Gasteiger charge is 2.30. The van der Waals surface area contributed by atoms with Crippen LogP contribution in [0, 0.1) is 20.8 Å². The number of carboxylic acid groups (broad SMARTS) is 1. The molecule has 9 amide bonds. The van der Waals surface area contributed by atoms with Gasteiger partial charge in [-0.3, -0.25) is 38.4 Å². The van der Waals surface area contributed by atoms with E-state index in [9.17, 15) is 78.0 Å². The van der Waals surface area contributed by atoms with Gasteiger partial charge in [-0.2, -0.15) is 0 Å². The number of benzene rings is 3. The number of hydrogen-bond donors (Lipinski definition) is 13. The molecule has 13 N–H and O–H groups in total. The van der Waals surface area contributed by atoms with Crippen LogP contribution in [0.3, 0.4) is 0 Å². The molecule has 0 aliphatic heterocycles. The molecule has 8 aromatic rings. The summed E-state index contributed by atoms with van der Waals surface area (Å²) < 4.78 is 14.6.